The second-order valence-corrected chi connectivity index (χ2v) is 4.65. The Bertz CT molecular complexity index is 753. The van der Waals surface area contributed by atoms with Crippen LogP contribution in [-0.4, -0.2) is 26.2 Å². The molecule has 0 saturated heterocycles. The molecule has 0 aliphatic carbocycles. The van der Waals surface area contributed by atoms with E-state index in [1.54, 1.807) is 12.4 Å². The number of nitrogens with zero attached hydrogens (tertiary/aromatic N) is 4. The number of rotatable bonds is 5. The molecule has 1 N–H and O–H groups in total. The predicted octanol–water partition coefficient (Wildman–Crippen LogP) is 2.44. The van der Waals surface area contributed by atoms with Crippen LogP contribution in [0.4, 0.5) is 5.82 Å². The fourth-order valence-corrected chi connectivity index (χ4v) is 2.18. The molecule has 3 aromatic heterocycles. The highest BCUT2D eigenvalue weighted by atomic mass is 16.5. The average Bonchev–Trinajstić information content (AvgIpc) is 2.87. The Hall–Kier alpha value is -2.63. The maximum atomic E-state index is 5.53. The molecule has 3 heterocycles. The van der Waals surface area contributed by atoms with Crippen molar-refractivity contribution in [2.75, 3.05) is 11.9 Å². The summed E-state index contributed by atoms with van der Waals surface area (Å²) in [7, 11) is 0. The number of anilines is 1. The van der Waals surface area contributed by atoms with Gasteiger partial charge in [0.1, 0.15) is 5.52 Å². The molecule has 6 nitrogen and oxygen atoms in total. The first kappa shape index (κ1) is 13.4. The summed E-state index contributed by atoms with van der Waals surface area (Å²) in [6, 6.07) is 5.89. The SMILES string of the molecule is CCOc1ncccc1CNc1nccn2nc(C)cc12. The van der Waals surface area contributed by atoms with E-state index in [9.17, 15) is 0 Å². The maximum Gasteiger partial charge on any atom is 0.218 e. The maximum absolute atomic E-state index is 5.53. The van der Waals surface area contributed by atoms with Crippen LogP contribution in [0.1, 0.15) is 18.2 Å². The number of hydrogen-bond donors (Lipinski definition) is 1. The molecule has 0 amide bonds. The van der Waals surface area contributed by atoms with Gasteiger partial charge in [-0.15, -0.1) is 0 Å². The lowest BCUT2D eigenvalue weighted by molar-refractivity contribution is 0.323. The van der Waals surface area contributed by atoms with E-state index in [-0.39, 0.29) is 0 Å². The van der Waals surface area contributed by atoms with Crippen LogP contribution in [0.25, 0.3) is 5.52 Å². The van der Waals surface area contributed by atoms with Crippen LogP contribution in [0.5, 0.6) is 5.88 Å². The van der Waals surface area contributed by atoms with Crippen molar-refractivity contribution in [1.29, 1.82) is 0 Å². The number of aromatic nitrogens is 4. The van der Waals surface area contributed by atoms with E-state index < -0.39 is 0 Å². The highest BCUT2D eigenvalue weighted by molar-refractivity contribution is 5.67. The lowest BCUT2D eigenvalue weighted by atomic mass is 10.2. The van der Waals surface area contributed by atoms with Gasteiger partial charge in [-0.2, -0.15) is 5.10 Å². The zero-order valence-corrected chi connectivity index (χ0v) is 12.1. The third kappa shape index (κ3) is 2.79. The highest BCUT2D eigenvalue weighted by Gasteiger charge is 2.07. The van der Waals surface area contributed by atoms with E-state index >= 15 is 0 Å². The number of aryl methyl sites for hydroxylation is 1. The Morgan fingerprint density at radius 1 is 1.29 bits per heavy atom. The minimum atomic E-state index is 0.597. The van der Waals surface area contributed by atoms with Gasteiger partial charge in [0.2, 0.25) is 5.88 Å². The molecule has 108 valence electrons. The molecule has 3 aromatic rings. The van der Waals surface area contributed by atoms with Crippen molar-refractivity contribution in [1.82, 2.24) is 19.6 Å². The number of ether oxygens (including phenoxy) is 1. The molecular weight excluding hydrogens is 266 g/mol. The van der Waals surface area contributed by atoms with Crippen molar-refractivity contribution in [2.24, 2.45) is 0 Å². The molecule has 21 heavy (non-hydrogen) atoms. The van der Waals surface area contributed by atoms with Crippen molar-refractivity contribution >= 4 is 11.3 Å². The van der Waals surface area contributed by atoms with Crippen molar-refractivity contribution in [3.05, 3.63) is 48.0 Å². The molecule has 6 heteroatoms. The predicted molar refractivity (Wildman–Crippen MR) is 80.5 cm³/mol. The highest BCUT2D eigenvalue weighted by Crippen LogP contribution is 2.19. The smallest absolute Gasteiger partial charge is 0.218 e. The van der Waals surface area contributed by atoms with Gasteiger partial charge in [-0.1, -0.05) is 6.07 Å². The molecule has 0 bridgehead atoms. The molecule has 0 saturated carbocycles. The van der Waals surface area contributed by atoms with E-state index in [2.05, 4.69) is 20.4 Å². The fourth-order valence-electron chi connectivity index (χ4n) is 2.18. The van der Waals surface area contributed by atoms with Gasteiger partial charge in [0.15, 0.2) is 5.82 Å². The van der Waals surface area contributed by atoms with Gasteiger partial charge in [0, 0.05) is 30.7 Å². The third-order valence-electron chi connectivity index (χ3n) is 3.09. The largest absolute Gasteiger partial charge is 0.478 e. The van der Waals surface area contributed by atoms with E-state index in [1.165, 1.54) is 0 Å². The van der Waals surface area contributed by atoms with Crippen molar-refractivity contribution in [2.45, 2.75) is 20.4 Å². The Labute approximate surface area is 122 Å². The van der Waals surface area contributed by atoms with Gasteiger partial charge >= 0.3 is 0 Å². The molecule has 0 aliphatic heterocycles. The Balaban J connectivity index is 1.83. The molecule has 0 aliphatic rings. The second kappa shape index (κ2) is 5.78. The van der Waals surface area contributed by atoms with Gasteiger partial charge in [-0.25, -0.2) is 14.5 Å². The Morgan fingerprint density at radius 2 is 2.19 bits per heavy atom. The molecule has 0 aromatic carbocycles. The summed E-state index contributed by atoms with van der Waals surface area (Å²) < 4.78 is 7.34. The average molecular weight is 283 g/mol. The fraction of sp³-hybridized carbons (Fsp3) is 0.267. The van der Waals surface area contributed by atoms with Crippen LogP contribution in [-0.2, 0) is 6.54 Å². The van der Waals surface area contributed by atoms with Crippen LogP contribution in [0, 0.1) is 6.92 Å². The van der Waals surface area contributed by atoms with E-state index in [0.717, 1.165) is 22.6 Å². The van der Waals surface area contributed by atoms with Crippen molar-refractivity contribution in [3.63, 3.8) is 0 Å². The summed E-state index contributed by atoms with van der Waals surface area (Å²) in [6.45, 7) is 5.11. The van der Waals surface area contributed by atoms with E-state index in [1.807, 2.05) is 42.8 Å². The summed E-state index contributed by atoms with van der Waals surface area (Å²) in [5.41, 5.74) is 2.92. The monoisotopic (exact) mass is 283 g/mol. The standard InChI is InChI=1S/C15H17N5O/c1-3-21-15-12(5-4-6-17-15)10-18-14-13-9-11(2)19-20(13)8-7-16-14/h4-9H,3,10H2,1-2H3,(H,16,18). The van der Waals surface area contributed by atoms with Gasteiger partial charge in [-0.3, -0.25) is 0 Å². The van der Waals surface area contributed by atoms with Gasteiger partial charge in [0.25, 0.3) is 0 Å². The first-order valence-electron chi connectivity index (χ1n) is 6.89. The zero-order valence-electron chi connectivity index (χ0n) is 12.1. The number of nitrogens with one attached hydrogen (secondary N) is 1. The quantitative estimate of drug-likeness (QED) is 0.779. The Morgan fingerprint density at radius 3 is 3.05 bits per heavy atom. The molecule has 3 rings (SSSR count). The molecule has 0 atom stereocenters. The van der Waals surface area contributed by atoms with Crippen LogP contribution >= 0.6 is 0 Å². The summed E-state index contributed by atoms with van der Waals surface area (Å²) in [5.74, 6) is 1.45. The number of fused-ring (bicyclic) bond motifs is 1. The van der Waals surface area contributed by atoms with Crippen LogP contribution in [0.15, 0.2) is 36.8 Å². The Kier molecular flexibility index (Phi) is 3.68. The lowest BCUT2D eigenvalue weighted by Crippen LogP contribution is -2.06. The first-order chi connectivity index (χ1) is 10.3. The molecule has 0 spiro atoms. The zero-order chi connectivity index (χ0) is 14.7. The summed E-state index contributed by atoms with van der Waals surface area (Å²) >= 11 is 0. The number of hydrogen-bond acceptors (Lipinski definition) is 5. The summed E-state index contributed by atoms with van der Waals surface area (Å²) in [4.78, 5) is 8.62. The van der Waals surface area contributed by atoms with Crippen molar-refractivity contribution in [3.8, 4) is 5.88 Å². The van der Waals surface area contributed by atoms with Gasteiger partial charge < -0.3 is 10.1 Å². The minimum Gasteiger partial charge on any atom is -0.478 e. The molecule has 0 radical (unpaired) electrons. The third-order valence-corrected chi connectivity index (χ3v) is 3.09. The van der Waals surface area contributed by atoms with Crippen LogP contribution < -0.4 is 10.1 Å². The first-order valence-corrected chi connectivity index (χ1v) is 6.89. The normalized spacial score (nSPS) is 10.8. The van der Waals surface area contributed by atoms with Gasteiger partial charge in [-0.05, 0) is 26.0 Å². The van der Waals surface area contributed by atoms with E-state index in [4.69, 9.17) is 4.74 Å². The topological polar surface area (TPSA) is 64.3 Å². The summed E-state index contributed by atoms with van der Waals surface area (Å²) in [6.07, 6.45) is 5.30. The second-order valence-electron chi connectivity index (χ2n) is 4.65. The molecule has 0 unspecified atom stereocenters. The number of pyridine rings is 1. The van der Waals surface area contributed by atoms with Crippen LogP contribution in [0.2, 0.25) is 0 Å². The van der Waals surface area contributed by atoms with Crippen LogP contribution in [0.3, 0.4) is 0 Å². The molecule has 0 fully saturated rings. The van der Waals surface area contributed by atoms with Gasteiger partial charge in [0.05, 0.1) is 12.3 Å². The van der Waals surface area contributed by atoms with Crippen molar-refractivity contribution < 1.29 is 4.74 Å². The lowest BCUT2D eigenvalue weighted by Gasteiger charge is -2.10. The minimum absolute atomic E-state index is 0.597. The summed E-state index contributed by atoms with van der Waals surface area (Å²) in [5, 5.41) is 7.70. The van der Waals surface area contributed by atoms with E-state index in [0.29, 0.717) is 19.0 Å². The molecular formula is C15H17N5O.